The number of hydrogen-bond acceptors (Lipinski definition) is 8. The highest BCUT2D eigenvalue weighted by Gasteiger charge is 2.40. The number of hydrogen-bond donors (Lipinski definition) is 4. The van der Waals surface area contributed by atoms with Crippen molar-refractivity contribution in [3.8, 4) is 10.4 Å². The van der Waals surface area contributed by atoms with Gasteiger partial charge in [0.15, 0.2) is 0 Å². The number of alkyl halides is 3. The molecule has 0 amide bonds. The predicted octanol–water partition coefficient (Wildman–Crippen LogP) is 5.34. The fourth-order valence-electron chi connectivity index (χ4n) is 4.74. The van der Waals surface area contributed by atoms with Gasteiger partial charge in [0.2, 0.25) is 5.95 Å². The van der Waals surface area contributed by atoms with E-state index in [-0.39, 0.29) is 17.8 Å². The van der Waals surface area contributed by atoms with Gasteiger partial charge in [0.25, 0.3) is 0 Å². The van der Waals surface area contributed by atoms with E-state index >= 15 is 0 Å². The van der Waals surface area contributed by atoms with Gasteiger partial charge in [-0.1, -0.05) is 0 Å². The lowest BCUT2D eigenvalue weighted by molar-refractivity contribution is -0.144. The average molecular weight is 533 g/mol. The van der Waals surface area contributed by atoms with E-state index < -0.39 is 23.4 Å². The largest absolute Gasteiger partial charge is 0.481 e. The molecule has 0 unspecified atom stereocenters. The maximum Gasteiger partial charge on any atom is 0.433 e. The zero-order valence-electron chi connectivity index (χ0n) is 19.6. The number of aliphatic hydroxyl groups is 1. The molecule has 0 aliphatic heterocycles. The van der Waals surface area contributed by atoms with Gasteiger partial charge >= 0.3 is 12.1 Å². The first-order valence-electron chi connectivity index (χ1n) is 11.6. The predicted molar refractivity (Wildman–Crippen MR) is 130 cm³/mol. The monoisotopic (exact) mass is 532 g/mol. The van der Waals surface area contributed by atoms with Crippen molar-refractivity contribution >= 4 is 39.8 Å². The van der Waals surface area contributed by atoms with Crippen LogP contribution in [0.3, 0.4) is 0 Å². The number of anilines is 2. The lowest BCUT2D eigenvalue weighted by Crippen LogP contribution is -2.35. The molecule has 4 N–H and O–H groups in total. The third kappa shape index (κ3) is 5.01. The zero-order valence-corrected chi connectivity index (χ0v) is 20.4. The van der Waals surface area contributed by atoms with Crippen molar-refractivity contribution in [1.82, 2.24) is 25.1 Å². The lowest BCUT2D eigenvalue weighted by Gasteiger charge is -2.35. The number of carbonyl (C=O) groups is 1. The van der Waals surface area contributed by atoms with Gasteiger partial charge in [-0.25, -0.2) is 15.0 Å². The standard InChI is InChI=1S/C24H23F3N6O3S/c1-23(36,14-4-2-12(3-5-14)20(34)35)21-29-11-17(37-21)16-9-15(8-13-10-30-33-19(13)16)31-22-28-7-6-18(32-22)24(25,26)27/h6-12,14,36H,2-5H2,1H3,(H,30,33)(H,34,35)(H,28,31,32)/t12?,14?,23-/m0/s1. The molecule has 37 heavy (non-hydrogen) atoms. The van der Waals surface area contributed by atoms with Crippen LogP contribution in [0.5, 0.6) is 0 Å². The molecular weight excluding hydrogens is 509 g/mol. The van der Waals surface area contributed by atoms with Gasteiger partial charge in [0.05, 0.1) is 22.5 Å². The van der Waals surface area contributed by atoms with Gasteiger partial charge in [-0.15, -0.1) is 11.3 Å². The van der Waals surface area contributed by atoms with Crippen molar-refractivity contribution in [2.45, 2.75) is 44.4 Å². The van der Waals surface area contributed by atoms with Crippen LogP contribution in [0.25, 0.3) is 21.3 Å². The van der Waals surface area contributed by atoms with Crippen LogP contribution in [0.4, 0.5) is 24.8 Å². The quantitative estimate of drug-likeness (QED) is 0.261. The van der Waals surface area contributed by atoms with Gasteiger partial charge in [0, 0.05) is 29.0 Å². The van der Waals surface area contributed by atoms with E-state index in [1.54, 1.807) is 31.5 Å². The Kier molecular flexibility index (Phi) is 6.36. The summed E-state index contributed by atoms with van der Waals surface area (Å²) in [4.78, 5) is 24.0. The molecule has 13 heteroatoms. The van der Waals surface area contributed by atoms with Crippen LogP contribution >= 0.6 is 11.3 Å². The molecular formula is C24H23F3N6O3S. The Bertz CT molecular complexity index is 1440. The van der Waals surface area contributed by atoms with Crippen molar-refractivity contribution < 1.29 is 28.2 Å². The summed E-state index contributed by atoms with van der Waals surface area (Å²) in [6.45, 7) is 1.70. The van der Waals surface area contributed by atoms with E-state index in [1.165, 1.54) is 11.3 Å². The van der Waals surface area contributed by atoms with Crippen molar-refractivity contribution in [2.24, 2.45) is 11.8 Å². The minimum atomic E-state index is -4.60. The number of carboxylic acid groups (broad SMARTS) is 1. The van der Waals surface area contributed by atoms with Crippen LogP contribution in [0.1, 0.15) is 43.3 Å². The summed E-state index contributed by atoms with van der Waals surface area (Å²) < 4.78 is 39.2. The molecule has 0 bridgehead atoms. The Labute approximate surface area is 212 Å². The number of carboxylic acids is 1. The summed E-state index contributed by atoms with van der Waals surface area (Å²) in [7, 11) is 0. The van der Waals surface area contributed by atoms with Gasteiger partial charge in [0.1, 0.15) is 16.3 Å². The highest BCUT2D eigenvalue weighted by atomic mass is 32.1. The minimum absolute atomic E-state index is 0.125. The first-order valence-corrected chi connectivity index (χ1v) is 12.4. The molecule has 4 aromatic rings. The van der Waals surface area contributed by atoms with Crippen LogP contribution in [0.2, 0.25) is 0 Å². The molecule has 1 fully saturated rings. The van der Waals surface area contributed by atoms with E-state index in [0.717, 1.165) is 17.1 Å². The number of nitrogens with zero attached hydrogens (tertiary/aromatic N) is 4. The molecule has 3 heterocycles. The summed E-state index contributed by atoms with van der Waals surface area (Å²) in [6, 6.07) is 4.24. The number of H-pyrrole nitrogens is 1. The number of thiazole rings is 1. The van der Waals surface area contributed by atoms with Gasteiger partial charge < -0.3 is 15.5 Å². The normalized spacial score (nSPS) is 20.0. The highest BCUT2D eigenvalue weighted by molar-refractivity contribution is 7.15. The Balaban J connectivity index is 1.43. The number of rotatable bonds is 6. The van der Waals surface area contributed by atoms with Crippen LogP contribution < -0.4 is 5.32 Å². The van der Waals surface area contributed by atoms with Gasteiger partial charge in [-0.2, -0.15) is 18.3 Å². The molecule has 1 aromatic carbocycles. The molecule has 9 nitrogen and oxygen atoms in total. The fourth-order valence-corrected chi connectivity index (χ4v) is 5.80. The molecule has 5 rings (SSSR count). The van der Waals surface area contributed by atoms with Crippen molar-refractivity contribution in [3.05, 3.63) is 47.5 Å². The summed E-state index contributed by atoms with van der Waals surface area (Å²) in [5.74, 6) is -1.51. The molecule has 1 saturated carbocycles. The summed E-state index contributed by atoms with van der Waals surface area (Å²) in [5.41, 5.74) is -0.439. The summed E-state index contributed by atoms with van der Waals surface area (Å²) in [6.07, 6.45) is 1.86. The zero-order chi connectivity index (χ0) is 26.4. The number of aromatic nitrogens is 5. The van der Waals surface area contributed by atoms with E-state index in [9.17, 15) is 28.2 Å². The van der Waals surface area contributed by atoms with Crippen molar-refractivity contribution in [2.75, 3.05) is 5.32 Å². The Morgan fingerprint density at radius 3 is 2.62 bits per heavy atom. The number of nitrogens with one attached hydrogen (secondary N) is 2. The lowest BCUT2D eigenvalue weighted by atomic mass is 9.74. The van der Waals surface area contributed by atoms with Gasteiger partial charge in [-0.05, 0) is 56.7 Å². The third-order valence-corrected chi connectivity index (χ3v) is 8.08. The van der Waals surface area contributed by atoms with E-state index in [1.807, 2.05) is 0 Å². The van der Waals surface area contributed by atoms with Crippen LogP contribution in [-0.4, -0.2) is 41.3 Å². The van der Waals surface area contributed by atoms with Crippen LogP contribution in [-0.2, 0) is 16.6 Å². The van der Waals surface area contributed by atoms with E-state index in [2.05, 4.69) is 30.5 Å². The smallest absolute Gasteiger partial charge is 0.433 e. The molecule has 1 atom stereocenters. The number of aromatic amines is 1. The first-order chi connectivity index (χ1) is 17.5. The van der Waals surface area contributed by atoms with Crippen LogP contribution in [0.15, 0.2) is 36.8 Å². The highest BCUT2D eigenvalue weighted by Crippen LogP contribution is 2.44. The topological polar surface area (TPSA) is 137 Å². The summed E-state index contributed by atoms with van der Waals surface area (Å²) >= 11 is 1.30. The molecule has 3 aromatic heterocycles. The molecule has 1 aliphatic carbocycles. The first kappa shape index (κ1) is 25.1. The van der Waals surface area contributed by atoms with Crippen molar-refractivity contribution in [1.29, 1.82) is 0 Å². The maximum absolute atomic E-state index is 13.1. The second kappa shape index (κ2) is 9.38. The second-order valence-corrected chi connectivity index (χ2v) is 10.3. The summed E-state index contributed by atoms with van der Waals surface area (Å²) in [5, 5.41) is 31.7. The number of aliphatic carboxylic acids is 1. The number of benzene rings is 1. The number of fused-ring (bicyclic) bond motifs is 1. The van der Waals surface area contributed by atoms with Crippen molar-refractivity contribution in [3.63, 3.8) is 0 Å². The Morgan fingerprint density at radius 2 is 1.92 bits per heavy atom. The molecule has 194 valence electrons. The third-order valence-electron chi connectivity index (χ3n) is 6.83. The van der Waals surface area contributed by atoms with Gasteiger partial charge in [-0.3, -0.25) is 9.89 Å². The average Bonchev–Trinajstić information content (AvgIpc) is 3.54. The molecule has 0 radical (unpaired) electrons. The SMILES string of the molecule is C[C@@](O)(c1ncc(-c2cc(Nc3nccc(C(F)(F)F)n3)cc3cn[nH]c23)s1)C1CCC(C(=O)O)CC1. The molecule has 0 saturated heterocycles. The maximum atomic E-state index is 13.1. The minimum Gasteiger partial charge on any atom is -0.481 e. The van der Waals surface area contributed by atoms with Crippen LogP contribution in [0, 0.1) is 11.8 Å². The Hall–Kier alpha value is -3.58. The second-order valence-electron chi connectivity index (χ2n) is 9.31. The fraction of sp³-hybridized carbons (Fsp3) is 0.375. The van der Waals surface area contributed by atoms with E-state index in [0.29, 0.717) is 52.8 Å². The molecule has 0 spiro atoms. The van der Waals surface area contributed by atoms with E-state index in [4.69, 9.17) is 0 Å². The number of halogens is 3. The Morgan fingerprint density at radius 1 is 1.16 bits per heavy atom. The molecule has 1 aliphatic rings.